The monoisotopic (exact) mass is 153 g/mol. The Labute approximate surface area is 68.7 Å². The third-order valence-electron chi connectivity index (χ3n) is 2.59. The molecule has 2 heteroatoms. The van der Waals surface area contributed by atoms with Gasteiger partial charge in [-0.25, -0.2) is 5.32 Å². The number of nitrogens with zero attached hydrogens (tertiary/aromatic N) is 1. The highest BCUT2D eigenvalue weighted by atomic mass is 15.0. The fourth-order valence-electron chi connectivity index (χ4n) is 1.63. The third-order valence-corrected chi connectivity index (χ3v) is 2.59. The lowest BCUT2D eigenvalue weighted by Gasteiger charge is -2.08. The Kier molecular flexibility index (Phi) is 2.44. The number of nitrogens with one attached hydrogen (secondary N) is 1. The normalized spacial score (nSPS) is 31.1. The molecular formula is C9H17N2. The molecule has 1 aliphatic carbocycles. The van der Waals surface area contributed by atoms with Crippen molar-refractivity contribution in [3.8, 4) is 0 Å². The van der Waals surface area contributed by atoms with Gasteiger partial charge in [-0.3, -0.25) is 0 Å². The molecule has 1 heterocycles. The summed E-state index contributed by atoms with van der Waals surface area (Å²) in [5, 5.41) is 7.99. The van der Waals surface area contributed by atoms with Gasteiger partial charge in [0.2, 0.25) is 0 Å². The zero-order valence-electron chi connectivity index (χ0n) is 7.05. The molecule has 63 valence electrons. The van der Waals surface area contributed by atoms with Gasteiger partial charge in [-0.05, 0) is 38.1 Å². The maximum atomic E-state index is 4.49. The predicted molar refractivity (Wildman–Crippen MR) is 45.6 cm³/mol. The minimum Gasteiger partial charge on any atom is -0.315 e. The molecule has 1 aliphatic heterocycles. The summed E-state index contributed by atoms with van der Waals surface area (Å²) in [4.78, 5) is 0. The summed E-state index contributed by atoms with van der Waals surface area (Å²) in [6.45, 7) is 3.48. The summed E-state index contributed by atoms with van der Waals surface area (Å²) in [7, 11) is 0. The molecule has 0 bridgehead atoms. The maximum absolute atomic E-state index is 4.49. The molecule has 1 saturated heterocycles. The molecule has 2 rings (SSSR count). The van der Waals surface area contributed by atoms with Crippen LogP contribution in [0.2, 0.25) is 0 Å². The fourth-order valence-corrected chi connectivity index (χ4v) is 1.63. The standard InChI is InChI=1S/C9H17N2/c1-2-9(11-5-1)7-10-6-8-3-4-8/h8-10H,1-7H2. The van der Waals surface area contributed by atoms with E-state index in [1.807, 2.05) is 0 Å². The van der Waals surface area contributed by atoms with Crippen LogP contribution in [0.3, 0.4) is 0 Å². The molecule has 2 fully saturated rings. The van der Waals surface area contributed by atoms with Gasteiger partial charge >= 0.3 is 0 Å². The van der Waals surface area contributed by atoms with E-state index >= 15 is 0 Å². The second-order valence-electron chi connectivity index (χ2n) is 3.80. The molecule has 0 aromatic rings. The fraction of sp³-hybridized carbons (Fsp3) is 1.00. The first kappa shape index (κ1) is 7.56. The lowest BCUT2D eigenvalue weighted by molar-refractivity contribution is 0.518. The molecular weight excluding hydrogens is 136 g/mol. The average molecular weight is 153 g/mol. The molecule has 2 aliphatic rings. The molecule has 1 unspecified atom stereocenters. The Morgan fingerprint density at radius 3 is 2.73 bits per heavy atom. The van der Waals surface area contributed by atoms with Crippen molar-refractivity contribution in [2.45, 2.75) is 31.7 Å². The van der Waals surface area contributed by atoms with Crippen molar-refractivity contribution in [3.05, 3.63) is 0 Å². The molecule has 1 radical (unpaired) electrons. The Balaban J connectivity index is 1.51. The molecule has 11 heavy (non-hydrogen) atoms. The topological polar surface area (TPSA) is 26.1 Å². The first-order valence-electron chi connectivity index (χ1n) is 4.82. The summed E-state index contributed by atoms with van der Waals surface area (Å²) < 4.78 is 0. The number of hydrogen-bond acceptors (Lipinski definition) is 1. The highest BCUT2D eigenvalue weighted by Crippen LogP contribution is 2.27. The molecule has 0 aromatic heterocycles. The van der Waals surface area contributed by atoms with Crippen molar-refractivity contribution in [1.82, 2.24) is 10.6 Å². The van der Waals surface area contributed by atoms with Gasteiger partial charge in [0.15, 0.2) is 0 Å². The van der Waals surface area contributed by atoms with Crippen LogP contribution < -0.4 is 10.6 Å². The summed E-state index contributed by atoms with van der Waals surface area (Å²) in [5.41, 5.74) is 0. The van der Waals surface area contributed by atoms with Crippen molar-refractivity contribution >= 4 is 0 Å². The Hall–Kier alpha value is -0.0800. The minimum absolute atomic E-state index is 0.647. The van der Waals surface area contributed by atoms with Crippen LogP contribution in [0.4, 0.5) is 0 Å². The highest BCUT2D eigenvalue weighted by molar-refractivity contribution is 4.79. The second kappa shape index (κ2) is 3.55. The van der Waals surface area contributed by atoms with Crippen molar-refractivity contribution in [2.24, 2.45) is 5.92 Å². The van der Waals surface area contributed by atoms with E-state index in [9.17, 15) is 0 Å². The van der Waals surface area contributed by atoms with Crippen molar-refractivity contribution in [2.75, 3.05) is 19.6 Å². The number of rotatable bonds is 4. The molecule has 1 N–H and O–H groups in total. The van der Waals surface area contributed by atoms with Gasteiger partial charge in [0.05, 0.1) is 0 Å². The van der Waals surface area contributed by atoms with Gasteiger partial charge < -0.3 is 5.32 Å². The minimum atomic E-state index is 0.647. The third kappa shape index (κ3) is 2.46. The summed E-state index contributed by atoms with van der Waals surface area (Å²) in [6, 6.07) is 0.647. The van der Waals surface area contributed by atoms with Crippen LogP contribution in [-0.4, -0.2) is 25.7 Å². The van der Waals surface area contributed by atoms with Gasteiger partial charge in [0.25, 0.3) is 0 Å². The van der Waals surface area contributed by atoms with Crippen LogP contribution >= 0.6 is 0 Å². The molecule has 0 aromatic carbocycles. The van der Waals surface area contributed by atoms with Crippen molar-refractivity contribution in [1.29, 1.82) is 0 Å². The van der Waals surface area contributed by atoms with Gasteiger partial charge in [0, 0.05) is 19.1 Å². The van der Waals surface area contributed by atoms with Crippen LogP contribution in [0.1, 0.15) is 25.7 Å². The lowest BCUT2D eigenvalue weighted by atomic mass is 10.2. The van der Waals surface area contributed by atoms with E-state index in [4.69, 9.17) is 0 Å². The van der Waals surface area contributed by atoms with Crippen LogP contribution in [0.5, 0.6) is 0 Å². The molecule has 0 amide bonds. The summed E-state index contributed by atoms with van der Waals surface area (Å²) in [6.07, 6.45) is 5.54. The van der Waals surface area contributed by atoms with Crippen molar-refractivity contribution < 1.29 is 0 Å². The van der Waals surface area contributed by atoms with E-state index in [0.29, 0.717) is 6.04 Å². The van der Waals surface area contributed by atoms with E-state index in [0.717, 1.165) is 19.0 Å². The average Bonchev–Trinajstić information content (AvgIpc) is 2.66. The Morgan fingerprint density at radius 1 is 1.18 bits per heavy atom. The lowest BCUT2D eigenvalue weighted by Crippen LogP contribution is -2.31. The SMILES string of the molecule is C1C[N]C(CNCC2CC2)C1. The quantitative estimate of drug-likeness (QED) is 0.634. The number of hydrogen-bond donors (Lipinski definition) is 1. The molecule has 0 spiro atoms. The van der Waals surface area contributed by atoms with Gasteiger partial charge in [-0.15, -0.1) is 0 Å². The van der Waals surface area contributed by atoms with Gasteiger partial charge in [-0.2, -0.15) is 0 Å². The van der Waals surface area contributed by atoms with E-state index in [1.165, 1.54) is 32.2 Å². The maximum Gasteiger partial charge on any atom is 0.0371 e. The first-order chi connectivity index (χ1) is 5.45. The summed E-state index contributed by atoms with van der Waals surface area (Å²) >= 11 is 0. The van der Waals surface area contributed by atoms with Gasteiger partial charge in [0.1, 0.15) is 0 Å². The molecule has 1 saturated carbocycles. The zero-order valence-corrected chi connectivity index (χ0v) is 7.05. The van der Waals surface area contributed by atoms with Crippen LogP contribution in [-0.2, 0) is 0 Å². The van der Waals surface area contributed by atoms with Gasteiger partial charge in [-0.1, -0.05) is 0 Å². The largest absolute Gasteiger partial charge is 0.315 e. The second-order valence-corrected chi connectivity index (χ2v) is 3.80. The van der Waals surface area contributed by atoms with E-state index in [-0.39, 0.29) is 0 Å². The smallest absolute Gasteiger partial charge is 0.0371 e. The predicted octanol–water partition coefficient (Wildman–Crippen LogP) is 0.753. The van der Waals surface area contributed by atoms with E-state index in [2.05, 4.69) is 10.6 Å². The van der Waals surface area contributed by atoms with E-state index < -0.39 is 0 Å². The van der Waals surface area contributed by atoms with Crippen LogP contribution in [0.25, 0.3) is 0 Å². The Bertz CT molecular complexity index is 115. The molecule has 1 atom stereocenters. The molecule has 2 nitrogen and oxygen atoms in total. The Morgan fingerprint density at radius 2 is 2.09 bits per heavy atom. The van der Waals surface area contributed by atoms with E-state index in [1.54, 1.807) is 0 Å². The zero-order chi connectivity index (χ0) is 7.52. The van der Waals surface area contributed by atoms with Crippen molar-refractivity contribution in [3.63, 3.8) is 0 Å². The summed E-state index contributed by atoms with van der Waals surface area (Å²) in [5.74, 6) is 1.01. The highest BCUT2D eigenvalue weighted by Gasteiger charge is 2.21. The van der Waals surface area contributed by atoms with Crippen LogP contribution in [0.15, 0.2) is 0 Å². The van der Waals surface area contributed by atoms with Crippen LogP contribution in [0, 0.1) is 5.92 Å². The first-order valence-corrected chi connectivity index (χ1v) is 4.82.